The van der Waals surface area contributed by atoms with E-state index in [1.54, 1.807) is 28.8 Å². The molecule has 1 aromatic heterocycles. The molecular weight excluding hydrogens is 415 g/mol. The second-order valence-electron chi connectivity index (χ2n) is 7.12. The van der Waals surface area contributed by atoms with Crippen LogP contribution in [0.5, 0.6) is 0 Å². The molecule has 0 spiro atoms. The van der Waals surface area contributed by atoms with Crippen molar-refractivity contribution in [3.8, 4) is 11.3 Å². The summed E-state index contributed by atoms with van der Waals surface area (Å²) >= 11 is 0. The van der Waals surface area contributed by atoms with Crippen LogP contribution in [0.25, 0.3) is 22.2 Å². The lowest BCUT2D eigenvalue weighted by atomic mass is 10.1. The predicted octanol–water partition coefficient (Wildman–Crippen LogP) is 5.11. The van der Waals surface area contributed by atoms with E-state index in [4.69, 9.17) is 5.73 Å². The summed E-state index contributed by atoms with van der Waals surface area (Å²) in [5, 5.41) is 0.549. The average molecular weight is 440 g/mol. The molecule has 3 aromatic rings. The number of nitrogens with zero attached hydrogens (tertiary/aromatic N) is 2. The van der Waals surface area contributed by atoms with Crippen LogP contribution < -0.4 is 10.0 Å². The Morgan fingerprint density at radius 3 is 2.20 bits per heavy atom. The Hall–Kier alpha value is -2.68. The summed E-state index contributed by atoms with van der Waals surface area (Å²) < 4.78 is 66.7. The Balaban J connectivity index is 2.14. The molecule has 5 nitrogen and oxygen atoms in total. The number of fused-ring (bicyclic) bond motifs is 1. The number of nitrogens with two attached hydrogens (primary N) is 1. The molecule has 0 aliphatic rings. The van der Waals surface area contributed by atoms with E-state index in [1.807, 2.05) is 13.8 Å². The number of halogens is 3. The van der Waals surface area contributed by atoms with Gasteiger partial charge in [0.25, 0.3) is 0 Å². The summed E-state index contributed by atoms with van der Waals surface area (Å²) in [5.74, 6) is 0. The molecule has 0 radical (unpaired) electrons. The van der Waals surface area contributed by atoms with E-state index in [1.165, 1.54) is 10.4 Å². The maximum atomic E-state index is 13.2. The van der Waals surface area contributed by atoms with Gasteiger partial charge in [0, 0.05) is 24.0 Å². The Kier molecular flexibility index (Phi) is 5.77. The molecule has 2 N–H and O–H groups in total. The number of aryl methyl sites for hydroxylation is 1. The summed E-state index contributed by atoms with van der Waals surface area (Å²) in [6.45, 7) is 4.51. The normalized spacial score (nSPS) is 12.5. The number of alkyl halides is 3. The quantitative estimate of drug-likeness (QED) is 0.581. The minimum atomic E-state index is -4.44. The first kappa shape index (κ1) is 22.0. The first-order valence-corrected chi connectivity index (χ1v) is 11.4. The van der Waals surface area contributed by atoms with Crippen molar-refractivity contribution in [3.63, 3.8) is 0 Å². The van der Waals surface area contributed by atoms with Gasteiger partial charge in [0.15, 0.2) is 0 Å². The van der Waals surface area contributed by atoms with Gasteiger partial charge in [0.1, 0.15) is 0 Å². The molecule has 0 aliphatic heterocycles. The molecule has 0 unspecified atom stereocenters. The second kappa shape index (κ2) is 7.86. The summed E-state index contributed by atoms with van der Waals surface area (Å²) in [4.78, 5) is 0. The van der Waals surface area contributed by atoms with E-state index in [-0.39, 0.29) is 0 Å². The van der Waals surface area contributed by atoms with Crippen molar-refractivity contribution >= 4 is 32.3 Å². The molecule has 2 aromatic carbocycles. The van der Waals surface area contributed by atoms with E-state index in [0.29, 0.717) is 53.0 Å². The Labute approximate surface area is 174 Å². The highest BCUT2D eigenvalue weighted by Crippen LogP contribution is 2.39. The second-order valence-corrected chi connectivity index (χ2v) is 9.03. The van der Waals surface area contributed by atoms with Gasteiger partial charge in [-0.1, -0.05) is 25.1 Å². The van der Waals surface area contributed by atoms with Crippen molar-refractivity contribution in [2.75, 3.05) is 22.8 Å². The first-order valence-electron chi connectivity index (χ1n) is 9.56. The summed E-state index contributed by atoms with van der Waals surface area (Å²) in [6.07, 6.45) is -2.63. The zero-order chi connectivity index (χ0) is 22.3. The largest absolute Gasteiger partial charge is 0.416 e. The molecule has 0 fully saturated rings. The van der Waals surface area contributed by atoms with Gasteiger partial charge in [-0.15, -0.1) is 0 Å². The summed E-state index contributed by atoms with van der Waals surface area (Å²) in [7, 11) is -3.42. The van der Waals surface area contributed by atoms with Crippen molar-refractivity contribution in [1.29, 1.82) is 0 Å². The smallest absolute Gasteiger partial charge is 0.396 e. The zero-order valence-corrected chi connectivity index (χ0v) is 17.8. The van der Waals surface area contributed by atoms with Gasteiger partial charge in [0.05, 0.1) is 34.4 Å². The summed E-state index contributed by atoms with van der Waals surface area (Å²) in [6, 6.07) is 10.4. The molecule has 0 amide bonds. The van der Waals surface area contributed by atoms with E-state index < -0.39 is 21.8 Å². The van der Waals surface area contributed by atoms with Crippen LogP contribution in [0.4, 0.5) is 24.5 Å². The van der Waals surface area contributed by atoms with Crippen molar-refractivity contribution in [1.82, 2.24) is 4.57 Å². The standard InChI is InChI=1S/C21H24F3N3O2S/c1-4-12-27(30(3,28)29)16-9-6-14(7-10-16)20-19(25)17-11-8-15(21(22,23)24)13-18(17)26(20)5-2/h6-11,13H,4-5,12,25H2,1-3H3. The van der Waals surface area contributed by atoms with Gasteiger partial charge < -0.3 is 10.3 Å². The Bertz CT molecular complexity index is 1170. The van der Waals surface area contributed by atoms with Gasteiger partial charge in [-0.25, -0.2) is 8.42 Å². The molecular formula is C21H24F3N3O2S. The molecule has 0 bridgehead atoms. The fourth-order valence-corrected chi connectivity index (χ4v) is 4.69. The van der Waals surface area contributed by atoms with Crippen molar-refractivity contribution in [2.45, 2.75) is 33.0 Å². The number of hydrogen-bond donors (Lipinski definition) is 1. The fraction of sp³-hybridized carbons (Fsp3) is 0.333. The van der Waals surface area contributed by atoms with Gasteiger partial charge in [0.2, 0.25) is 10.0 Å². The van der Waals surface area contributed by atoms with Crippen LogP contribution in [0.2, 0.25) is 0 Å². The lowest BCUT2D eigenvalue weighted by Gasteiger charge is -2.22. The molecule has 3 rings (SSSR count). The molecule has 30 heavy (non-hydrogen) atoms. The molecule has 0 saturated heterocycles. The Morgan fingerprint density at radius 2 is 1.70 bits per heavy atom. The molecule has 1 heterocycles. The lowest BCUT2D eigenvalue weighted by molar-refractivity contribution is -0.137. The highest BCUT2D eigenvalue weighted by molar-refractivity contribution is 7.92. The van der Waals surface area contributed by atoms with Gasteiger partial charge >= 0.3 is 6.18 Å². The number of benzene rings is 2. The molecule has 162 valence electrons. The van der Waals surface area contributed by atoms with Crippen LogP contribution in [0.15, 0.2) is 42.5 Å². The first-order chi connectivity index (χ1) is 14.0. The predicted molar refractivity (Wildman–Crippen MR) is 115 cm³/mol. The highest BCUT2D eigenvalue weighted by Gasteiger charge is 2.31. The van der Waals surface area contributed by atoms with E-state index >= 15 is 0 Å². The third kappa shape index (κ3) is 3.98. The van der Waals surface area contributed by atoms with Crippen LogP contribution in [0.1, 0.15) is 25.8 Å². The number of nitrogen functional groups attached to an aromatic ring is 1. The van der Waals surface area contributed by atoms with Crippen LogP contribution in [0, 0.1) is 0 Å². The van der Waals surface area contributed by atoms with E-state index in [0.717, 1.165) is 18.4 Å². The van der Waals surface area contributed by atoms with E-state index in [9.17, 15) is 21.6 Å². The zero-order valence-electron chi connectivity index (χ0n) is 17.0. The lowest BCUT2D eigenvalue weighted by Crippen LogP contribution is -2.30. The highest BCUT2D eigenvalue weighted by atomic mass is 32.2. The van der Waals surface area contributed by atoms with Gasteiger partial charge in [-0.2, -0.15) is 13.2 Å². The molecule has 9 heteroatoms. The number of rotatable bonds is 6. The third-order valence-electron chi connectivity index (χ3n) is 5.00. The number of sulfonamides is 1. The van der Waals surface area contributed by atoms with Crippen molar-refractivity contribution in [3.05, 3.63) is 48.0 Å². The average Bonchev–Trinajstić information content (AvgIpc) is 2.96. The monoisotopic (exact) mass is 439 g/mol. The van der Waals surface area contributed by atoms with E-state index in [2.05, 4.69) is 0 Å². The minimum absolute atomic E-state index is 0.357. The number of anilines is 2. The molecule has 0 aliphatic carbocycles. The minimum Gasteiger partial charge on any atom is -0.396 e. The third-order valence-corrected chi connectivity index (χ3v) is 6.20. The maximum Gasteiger partial charge on any atom is 0.416 e. The topological polar surface area (TPSA) is 68.3 Å². The molecule has 0 atom stereocenters. The van der Waals surface area contributed by atoms with Crippen LogP contribution in [-0.2, 0) is 22.7 Å². The van der Waals surface area contributed by atoms with Crippen molar-refractivity contribution < 1.29 is 21.6 Å². The van der Waals surface area contributed by atoms with Crippen LogP contribution >= 0.6 is 0 Å². The number of aromatic nitrogens is 1. The number of hydrogen-bond acceptors (Lipinski definition) is 3. The van der Waals surface area contributed by atoms with Gasteiger partial charge in [-0.05, 0) is 37.6 Å². The summed E-state index contributed by atoms with van der Waals surface area (Å²) in [5.41, 5.74) is 8.22. The van der Waals surface area contributed by atoms with Crippen molar-refractivity contribution in [2.24, 2.45) is 0 Å². The maximum absolute atomic E-state index is 13.2. The van der Waals surface area contributed by atoms with Crippen LogP contribution in [0.3, 0.4) is 0 Å². The fourth-order valence-electron chi connectivity index (χ4n) is 3.67. The SMILES string of the molecule is CCCN(c1ccc(-c2c(N)c3ccc(C(F)(F)F)cc3n2CC)cc1)S(C)(=O)=O. The Morgan fingerprint density at radius 1 is 1.07 bits per heavy atom. The van der Waals surface area contributed by atoms with Crippen LogP contribution in [-0.4, -0.2) is 25.8 Å². The van der Waals surface area contributed by atoms with Gasteiger partial charge in [-0.3, -0.25) is 4.31 Å². The molecule has 0 saturated carbocycles.